The van der Waals surface area contributed by atoms with Crippen LogP contribution >= 0.6 is 0 Å². The summed E-state index contributed by atoms with van der Waals surface area (Å²) in [5.74, 6) is 0. The Kier molecular flexibility index (Phi) is 4.60. The Morgan fingerprint density at radius 3 is 1.24 bits per heavy atom. The average Bonchev–Trinajstić information content (AvgIpc) is 2.99. The van der Waals surface area contributed by atoms with E-state index in [0.717, 1.165) is 0 Å². The lowest BCUT2D eigenvalue weighted by molar-refractivity contribution is 0.0240. The zero-order valence-electron chi connectivity index (χ0n) is 16.9. The summed E-state index contributed by atoms with van der Waals surface area (Å²) in [5, 5.41) is 0. The van der Waals surface area contributed by atoms with Gasteiger partial charge in [0.2, 0.25) is 0 Å². The van der Waals surface area contributed by atoms with Crippen LogP contribution in [-0.2, 0) is 5.41 Å². The quantitative estimate of drug-likeness (QED) is 0.510. The van der Waals surface area contributed by atoms with E-state index < -0.39 is 0 Å². The molecule has 0 unspecified atom stereocenters. The van der Waals surface area contributed by atoms with E-state index in [1.807, 2.05) is 0 Å². The Labute approximate surface area is 154 Å². The van der Waals surface area contributed by atoms with Gasteiger partial charge in [0.1, 0.15) is 0 Å². The molecule has 0 heteroatoms. The summed E-state index contributed by atoms with van der Waals surface area (Å²) in [4.78, 5) is 0. The maximum Gasteiger partial charge on any atom is 0.0321 e. The molecule has 1 aliphatic carbocycles. The minimum absolute atomic E-state index is 0.0696. The lowest BCUT2D eigenvalue weighted by atomic mass is 9.45. The van der Waals surface area contributed by atoms with Gasteiger partial charge in [-0.2, -0.15) is 0 Å². The molecular formula is C25H34. The van der Waals surface area contributed by atoms with Gasteiger partial charge in [0, 0.05) is 5.41 Å². The summed E-state index contributed by atoms with van der Waals surface area (Å²) >= 11 is 0. The third kappa shape index (κ3) is 2.12. The molecule has 0 bridgehead atoms. The molecule has 1 aliphatic rings. The number of hydrogen-bond donors (Lipinski definition) is 0. The highest BCUT2D eigenvalue weighted by Crippen LogP contribution is 2.68. The lowest BCUT2D eigenvalue weighted by Crippen LogP contribution is -2.54. The largest absolute Gasteiger partial charge is 0.0648 e. The van der Waals surface area contributed by atoms with Gasteiger partial charge in [0.15, 0.2) is 0 Å². The van der Waals surface area contributed by atoms with E-state index in [1.165, 1.54) is 36.8 Å². The van der Waals surface area contributed by atoms with Gasteiger partial charge >= 0.3 is 0 Å². The summed E-state index contributed by atoms with van der Waals surface area (Å²) in [6.45, 7) is 14.6. The Morgan fingerprint density at radius 2 is 0.920 bits per heavy atom. The van der Waals surface area contributed by atoms with E-state index in [1.54, 1.807) is 11.1 Å². The molecule has 0 aliphatic heterocycles. The SMILES string of the molecule is CCC(C)(CC)C1(C(C)(CC)CC)c2ccccc2-c2ccccc21. The van der Waals surface area contributed by atoms with Crippen LogP contribution in [0, 0.1) is 10.8 Å². The van der Waals surface area contributed by atoms with Crippen molar-refractivity contribution in [3.8, 4) is 11.1 Å². The minimum atomic E-state index is 0.0696. The molecule has 0 amide bonds. The van der Waals surface area contributed by atoms with Crippen LogP contribution in [0.15, 0.2) is 48.5 Å². The lowest BCUT2D eigenvalue weighted by Gasteiger charge is -2.58. The van der Waals surface area contributed by atoms with Crippen LogP contribution in [0.1, 0.15) is 78.4 Å². The highest BCUT2D eigenvalue weighted by atomic mass is 14.6. The molecule has 0 saturated carbocycles. The monoisotopic (exact) mass is 334 g/mol. The fourth-order valence-electron chi connectivity index (χ4n) is 5.82. The van der Waals surface area contributed by atoms with Crippen molar-refractivity contribution in [1.82, 2.24) is 0 Å². The van der Waals surface area contributed by atoms with E-state index in [-0.39, 0.29) is 16.2 Å². The van der Waals surface area contributed by atoms with Crippen LogP contribution in [0.25, 0.3) is 11.1 Å². The Morgan fingerprint density at radius 1 is 0.600 bits per heavy atom. The molecule has 0 heterocycles. The van der Waals surface area contributed by atoms with Crippen LogP contribution in [-0.4, -0.2) is 0 Å². The number of rotatable bonds is 6. The third-order valence-electron chi connectivity index (χ3n) is 7.88. The van der Waals surface area contributed by atoms with Gasteiger partial charge in [-0.05, 0) is 58.8 Å². The topological polar surface area (TPSA) is 0 Å². The highest BCUT2D eigenvalue weighted by Gasteiger charge is 2.61. The van der Waals surface area contributed by atoms with Crippen LogP contribution in [0.2, 0.25) is 0 Å². The van der Waals surface area contributed by atoms with Crippen molar-refractivity contribution in [2.45, 2.75) is 72.6 Å². The van der Waals surface area contributed by atoms with Crippen LogP contribution < -0.4 is 0 Å². The predicted molar refractivity (Wildman–Crippen MR) is 110 cm³/mol. The van der Waals surface area contributed by atoms with Gasteiger partial charge < -0.3 is 0 Å². The molecule has 0 N–H and O–H groups in total. The fourth-order valence-corrected chi connectivity index (χ4v) is 5.82. The van der Waals surface area contributed by atoms with E-state index in [9.17, 15) is 0 Å². The van der Waals surface area contributed by atoms with Gasteiger partial charge in [-0.1, -0.05) is 90.1 Å². The Hall–Kier alpha value is -1.56. The van der Waals surface area contributed by atoms with E-state index >= 15 is 0 Å². The van der Waals surface area contributed by atoms with Crippen molar-refractivity contribution in [3.05, 3.63) is 59.7 Å². The highest BCUT2D eigenvalue weighted by molar-refractivity contribution is 5.82. The molecule has 134 valence electrons. The van der Waals surface area contributed by atoms with E-state index in [0.29, 0.717) is 0 Å². The van der Waals surface area contributed by atoms with Crippen molar-refractivity contribution in [3.63, 3.8) is 0 Å². The van der Waals surface area contributed by atoms with Gasteiger partial charge in [0.25, 0.3) is 0 Å². The van der Waals surface area contributed by atoms with Crippen molar-refractivity contribution in [1.29, 1.82) is 0 Å². The first-order valence-electron chi connectivity index (χ1n) is 10.1. The van der Waals surface area contributed by atoms with Crippen molar-refractivity contribution in [2.75, 3.05) is 0 Å². The summed E-state index contributed by atoms with van der Waals surface area (Å²) in [6.07, 6.45) is 4.78. The molecule has 0 nitrogen and oxygen atoms in total. The first-order chi connectivity index (χ1) is 12.0. The molecule has 2 aromatic rings. The number of benzene rings is 2. The molecule has 0 radical (unpaired) electrons. The van der Waals surface area contributed by atoms with Crippen molar-refractivity contribution in [2.24, 2.45) is 10.8 Å². The second-order valence-electron chi connectivity index (χ2n) is 8.38. The molecule has 2 aromatic carbocycles. The normalized spacial score (nSPS) is 15.8. The van der Waals surface area contributed by atoms with Gasteiger partial charge in [-0.25, -0.2) is 0 Å². The molecule has 0 atom stereocenters. The second kappa shape index (κ2) is 6.31. The van der Waals surface area contributed by atoms with Gasteiger partial charge in [-0.15, -0.1) is 0 Å². The van der Waals surface area contributed by atoms with Crippen molar-refractivity contribution >= 4 is 0 Å². The van der Waals surface area contributed by atoms with Crippen LogP contribution in [0.4, 0.5) is 0 Å². The van der Waals surface area contributed by atoms with Crippen molar-refractivity contribution < 1.29 is 0 Å². The molecular weight excluding hydrogens is 300 g/mol. The molecule has 3 rings (SSSR count). The van der Waals surface area contributed by atoms with Crippen LogP contribution in [0.3, 0.4) is 0 Å². The van der Waals surface area contributed by atoms with Crippen LogP contribution in [0.5, 0.6) is 0 Å². The zero-order chi connectivity index (χ0) is 18.3. The number of fused-ring (bicyclic) bond motifs is 3. The standard InChI is InChI=1S/C25H34/c1-7-23(5,8-2)25(24(6,9-3)10-4)21-17-13-11-15-19(21)20-16-12-14-18-22(20)25/h11-18H,7-10H2,1-6H3. The number of hydrogen-bond acceptors (Lipinski definition) is 0. The minimum Gasteiger partial charge on any atom is -0.0648 e. The van der Waals surface area contributed by atoms with Gasteiger partial charge in [0.05, 0.1) is 0 Å². The maximum absolute atomic E-state index is 2.54. The average molecular weight is 335 g/mol. The van der Waals surface area contributed by atoms with E-state index in [4.69, 9.17) is 0 Å². The molecule has 0 aromatic heterocycles. The maximum atomic E-state index is 2.54. The molecule has 0 spiro atoms. The third-order valence-corrected chi connectivity index (χ3v) is 7.88. The summed E-state index contributed by atoms with van der Waals surface area (Å²) in [7, 11) is 0. The second-order valence-corrected chi connectivity index (χ2v) is 8.38. The van der Waals surface area contributed by atoms with E-state index in [2.05, 4.69) is 90.1 Å². The summed E-state index contributed by atoms with van der Waals surface area (Å²) < 4.78 is 0. The summed E-state index contributed by atoms with van der Waals surface area (Å²) in [5.41, 5.74) is 6.58. The fraction of sp³-hybridized carbons (Fsp3) is 0.520. The predicted octanol–water partition coefficient (Wildman–Crippen LogP) is 7.61. The zero-order valence-corrected chi connectivity index (χ0v) is 16.9. The molecule has 25 heavy (non-hydrogen) atoms. The Bertz CT molecular complexity index is 679. The first kappa shape index (κ1) is 18.2. The molecule has 0 saturated heterocycles. The van der Waals surface area contributed by atoms with Gasteiger partial charge in [-0.3, -0.25) is 0 Å². The smallest absolute Gasteiger partial charge is 0.0321 e. The first-order valence-corrected chi connectivity index (χ1v) is 10.1. The summed E-state index contributed by atoms with van der Waals surface area (Å²) in [6, 6.07) is 18.4. The molecule has 0 fully saturated rings. The Balaban J connectivity index is 2.52.